The molecule has 31 heavy (non-hydrogen) atoms. The van der Waals surface area contributed by atoms with Crippen molar-refractivity contribution in [3.63, 3.8) is 0 Å². The van der Waals surface area contributed by atoms with Crippen molar-refractivity contribution in [2.45, 2.75) is 56.0 Å². The van der Waals surface area contributed by atoms with Crippen LogP contribution >= 0.6 is 23.7 Å². The molecule has 8 heteroatoms. The molecule has 1 aromatic heterocycles. The summed E-state index contributed by atoms with van der Waals surface area (Å²) in [5.74, 6) is -1.89. The summed E-state index contributed by atoms with van der Waals surface area (Å²) in [6.07, 6.45) is 4.61. The molecule has 1 aliphatic carbocycles. The van der Waals surface area contributed by atoms with Crippen LogP contribution in [0.4, 0.5) is 14.5 Å². The summed E-state index contributed by atoms with van der Waals surface area (Å²) >= 11 is 1.51. The number of halogens is 3. The molecule has 1 saturated carbocycles. The molecule has 0 radical (unpaired) electrons. The summed E-state index contributed by atoms with van der Waals surface area (Å²) in [4.78, 5) is 18.5. The van der Waals surface area contributed by atoms with E-state index in [9.17, 15) is 13.6 Å². The minimum absolute atomic E-state index is 0. The molecule has 5 aliphatic rings. The molecule has 1 spiro atoms. The van der Waals surface area contributed by atoms with Crippen molar-refractivity contribution in [1.82, 2.24) is 10.2 Å². The molecule has 4 aliphatic heterocycles. The minimum Gasteiger partial charge on any atom is -0.371 e. The van der Waals surface area contributed by atoms with Crippen molar-refractivity contribution in [2.24, 2.45) is 5.92 Å². The fourth-order valence-corrected chi connectivity index (χ4v) is 6.95. The van der Waals surface area contributed by atoms with Crippen molar-refractivity contribution in [1.29, 1.82) is 0 Å². The van der Waals surface area contributed by atoms with Crippen LogP contribution < -0.4 is 10.2 Å². The standard InChI is InChI=1S/C23H27F2N3OS.ClH/c24-23(25)7-11-27(12-8-23)17-2-1-16-13-19(30-18(16)14-17)21(29)26-20-15-3-9-28(10-4-15)22(20)5-6-22;/h1-2,13-15,20H,3-12H2,(H,26,29);1H/t20-;/m1./s1. The predicted octanol–water partition coefficient (Wildman–Crippen LogP) is 4.92. The van der Waals surface area contributed by atoms with E-state index in [1.54, 1.807) is 0 Å². The second-order valence-corrected chi connectivity index (χ2v) is 10.6. The van der Waals surface area contributed by atoms with Gasteiger partial charge < -0.3 is 10.2 Å². The molecule has 1 amide bonds. The molecule has 5 fully saturated rings. The largest absolute Gasteiger partial charge is 0.371 e. The van der Waals surface area contributed by atoms with Crippen LogP contribution in [0.3, 0.4) is 0 Å². The van der Waals surface area contributed by atoms with Gasteiger partial charge in [0.2, 0.25) is 0 Å². The highest BCUT2D eigenvalue weighted by molar-refractivity contribution is 7.20. The van der Waals surface area contributed by atoms with Gasteiger partial charge in [0.25, 0.3) is 11.8 Å². The summed E-state index contributed by atoms with van der Waals surface area (Å²) < 4.78 is 28.0. The molecule has 4 nitrogen and oxygen atoms in total. The van der Waals surface area contributed by atoms with Gasteiger partial charge in [0, 0.05) is 41.9 Å². The Labute approximate surface area is 191 Å². The first-order chi connectivity index (χ1) is 14.4. The van der Waals surface area contributed by atoms with Crippen LogP contribution in [0.5, 0.6) is 0 Å². The third kappa shape index (κ3) is 3.62. The zero-order valence-corrected chi connectivity index (χ0v) is 19.0. The molecule has 2 bridgehead atoms. The van der Waals surface area contributed by atoms with Crippen LogP contribution in [0, 0.1) is 5.92 Å². The van der Waals surface area contributed by atoms with Gasteiger partial charge in [-0.05, 0) is 68.3 Å². The number of hydrogen-bond donors (Lipinski definition) is 1. The fourth-order valence-electron chi connectivity index (χ4n) is 5.95. The molecule has 2 aromatic rings. The van der Waals surface area contributed by atoms with E-state index in [2.05, 4.69) is 16.3 Å². The Balaban J connectivity index is 0.00000204. The molecule has 168 valence electrons. The Bertz CT molecular complexity index is 990. The Hall–Kier alpha value is -1.44. The van der Waals surface area contributed by atoms with E-state index in [0.29, 0.717) is 19.0 Å². The van der Waals surface area contributed by atoms with Crippen LogP contribution in [-0.4, -0.2) is 54.5 Å². The highest BCUT2D eigenvalue weighted by Gasteiger charge is 2.60. The van der Waals surface area contributed by atoms with Gasteiger partial charge in [0.1, 0.15) is 0 Å². The van der Waals surface area contributed by atoms with E-state index in [1.165, 1.54) is 50.1 Å². The summed E-state index contributed by atoms with van der Waals surface area (Å²) in [5.41, 5.74) is 1.21. The second kappa shape index (κ2) is 7.56. The number of alkyl halides is 2. The summed E-state index contributed by atoms with van der Waals surface area (Å²) in [6.45, 7) is 3.12. The Kier molecular flexibility index (Phi) is 5.22. The number of nitrogens with one attached hydrogen (secondary N) is 1. The Morgan fingerprint density at radius 3 is 2.42 bits per heavy atom. The monoisotopic (exact) mass is 467 g/mol. The van der Waals surface area contributed by atoms with Crippen LogP contribution in [0.15, 0.2) is 24.3 Å². The average Bonchev–Trinajstić information content (AvgIpc) is 3.40. The molecule has 7 rings (SSSR count). The lowest BCUT2D eigenvalue weighted by Gasteiger charge is -2.52. The summed E-state index contributed by atoms with van der Waals surface area (Å²) in [5, 5.41) is 4.45. The number of rotatable bonds is 3. The van der Waals surface area contributed by atoms with Crippen molar-refractivity contribution in [2.75, 3.05) is 31.1 Å². The van der Waals surface area contributed by atoms with E-state index in [4.69, 9.17) is 0 Å². The molecule has 5 heterocycles. The molecule has 0 unspecified atom stereocenters. The SMILES string of the molecule is Cl.O=C(N[C@@H]1C2CCN(CC2)C12CC2)c1cc2ccc(N3CCC(F)(F)CC3)cc2s1. The van der Waals surface area contributed by atoms with E-state index in [0.717, 1.165) is 20.7 Å². The lowest BCUT2D eigenvalue weighted by Crippen LogP contribution is -2.65. The van der Waals surface area contributed by atoms with Crippen molar-refractivity contribution >= 4 is 45.4 Å². The molecule has 4 saturated heterocycles. The van der Waals surface area contributed by atoms with Gasteiger partial charge in [-0.3, -0.25) is 9.69 Å². The van der Waals surface area contributed by atoms with E-state index < -0.39 is 5.92 Å². The van der Waals surface area contributed by atoms with Crippen molar-refractivity contribution in [3.8, 4) is 0 Å². The van der Waals surface area contributed by atoms with Crippen LogP contribution in [0.25, 0.3) is 10.1 Å². The topological polar surface area (TPSA) is 35.6 Å². The quantitative estimate of drug-likeness (QED) is 0.696. The number of carbonyl (C=O) groups excluding carboxylic acids is 1. The maximum atomic E-state index is 13.5. The van der Waals surface area contributed by atoms with Gasteiger partial charge in [-0.15, -0.1) is 23.7 Å². The van der Waals surface area contributed by atoms with Gasteiger partial charge in [-0.1, -0.05) is 6.07 Å². The third-order valence-electron chi connectivity index (χ3n) is 7.86. The molecular weight excluding hydrogens is 440 g/mol. The second-order valence-electron chi connectivity index (χ2n) is 9.55. The number of amides is 1. The predicted molar refractivity (Wildman–Crippen MR) is 123 cm³/mol. The highest BCUT2D eigenvalue weighted by atomic mass is 35.5. The van der Waals surface area contributed by atoms with Gasteiger partial charge in [-0.25, -0.2) is 8.78 Å². The fraction of sp³-hybridized carbons (Fsp3) is 0.609. The maximum Gasteiger partial charge on any atom is 0.261 e. The van der Waals surface area contributed by atoms with Gasteiger partial charge in [0.05, 0.1) is 10.9 Å². The number of piperidine rings is 4. The smallest absolute Gasteiger partial charge is 0.261 e. The summed E-state index contributed by atoms with van der Waals surface area (Å²) in [7, 11) is 0. The number of nitrogens with zero attached hydrogens (tertiary/aromatic N) is 2. The number of fused-ring (bicyclic) bond motifs is 3. The Morgan fingerprint density at radius 1 is 1.03 bits per heavy atom. The molecular formula is C23H28ClF2N3OS. The molecule has 1 atom stereocenters. The van der Waals surface area contributed by atoms with Gasteiger partial charge in [-0.2, -0.15) is 0 Å². The highest BCUT2D eigenvalue weighted by Crippen LogP contribution is 2.53. The zero-order chi connectivity index (χ0) is 20.5. The zero-order valence-electron chi connectivity index (χ0n) is 17.4. The van der Waals surface area contributed by atoms with Crippen molar-refractivity contribution in [3.05, 3.63) is 29.1 Å². The molecule has 1 N–H and O–H groups in total. The average molecular weight is 468 g/mol. The third-order valence-corrected chi connectivity index (χ3v) is 8.95. The first-order valence-electron chi connectivity index (χ1n) is 11.2. The first-order valence-corrected chi connectivity index (χ1v) is 12.0. The van der Waals surface area contributed by atoms with Gasteiger partial charge in [0.15, 0.2) is 0 Å². The lowest BCUT2D eigenvalue weighted by molar-refractivity contribution is -0.0220. The number of carbonyl (C=O) groups is 1. The number of hydrogen-bond acceptors (Lipinski definition) is 4. The van der Waals surface area contributed by atoms with E-state index >= 15 is 0 Å². The number of thiophene rings is 1. The molecule has 1 aromatic carbocycles. The number of anilines is 1. The van der Waals surface area contributed by atoms with E-state index in [-0.39, 0.29) is 42.7 Å². The van der Waals surface area contributed by atoms with Crippen molar-refractivity contribution < 1.29 is 13.6 Å². The lowest BCUT2D eigenvalue weighted by atomic mass is 9.77. The van der Waals surface area contributed by atoms with Crippen LogP contribution in [0.1, 0.15) is 48.2 Å². The van der Waals surface area contributed by atoms with Gasteiger partial charge >= 0.3 is 0 Å². The van der Waals surface area contributed by atoms with Crippen LogP contribution in [-0.2, 0) is 0 Å². The first kappa shape index (κ1) is 21.4. The maximum absolute atomic E-state index is 13.5. The van der Waals surface area contributed by atoms with E-state index in [1.807, 2.05) is 23.1 Å². The summed E-state index contributed by atoms with van der Waals surface area (Å²) in [6, 6.07) is 8.32. The number of benzene rings is 1. The normalized spacial score (nSPS) is 30.3. The minimum atomic E-state index is -2.54. The Morgan fingerprint density at radius 2 is 1.74 bits per heavy atom. The van der Waals surface area contributed by atoms with Crippen LogP contribution in [0.2, 0.25) is 0 Å².